The third-order valence-electron chi connectivity index (χ3n) is 3.68. The summed E-state index contributed by atoms with van der Waals surface area (Å²) in [4.78, 5) is 4.41. The second kappa shape index (κ2) is 7.28. The van der Waals surface area contributed by atoms with Crippen LogP contribution in [0, 0.1) is 11.3 Å². The van der Waals surface area contributed by atoms with Crippen molar-refractivity contribution < 1.29 is 0 Å². The number of nitrogens with zero attached hydrogens (tertiary/aromatic N) is 3. The van der Waals surface area contributed by atoms with Gasteiger partial charge in [-0.15, -0.1) is 0 Å². The Morgan fingerprint density at radius 1 is 1.09 bits per heavy atom. The predicted octanol–water partition coefficient (Wildman–Crippen LogP) is 2.67. The van der Waals surface area contributed by atoms with Gasteiger partial charge in [0.1, 0.15) is 6.54 Å². The largest absolute Gasteiger partial charge is 0.329 e. The Labute approximate surface area is 136 Å². The molecule has 0 atom stereocenters. The van der Waals surface area contributed by atoms with Gasteiger partial charge in [0.2, 0.25) is 7.28 Å². The van der Waals surface area contributed by atoms with Gasteiger partial charge in [0.05, 0.1) is 11.8 Å². The molecule has 0 spiro atoms. The maximum absolute atomic E-state index is 8.94. The molecule has 3 nitrogen and oxygen atoms in total. The van der Waals surface area contributed by atoms with Crippen LogP contribution in [0.5, 0.6) is 0 Å². The van der Waals surface area contributed by atoms with Crippen LogP contribution in [-0.2, 0) is 6.54 Å². The molecule has 0 bridgehead atoms. The van der Waals surface area contributed by atoms with Crippen molar-refractivity contribution in [1.29, 1.82) is 5.26 Å². The highest BCUT2D eigenvalue weighted by Gasteiger charge is 2.10. The molecule has 3 aromatic rings. The maximum Gasteiger partial charge on any atom is 0.239 e. The van der Waals surface area contributed by atoms with E-state index in [4.69, 9.17) is 5.26 Å². The number of rotatable bonds is 5. The van der Waals surface area contributed by atoms with Crippen LogP contribution in [-0.4, -0.2) is 16.8 Å². The summed E-state index contributed by atoms with van der Waals surface area (Å²) >= 11 is 0. The maximum atomic E-state index is 8.94. The summed E-state index contributed by atoms with van der Waals surface area (Å²) in [5.74, 6) is 0. The minimum Gasteiger partial charge on any atom is -0.329 e. The van der Waals surface area contributed by atoms with Gasteiger partial charge in [-0.25, -0.2) is 0 Å². The number of nitriles is 1. The molecule has 0 aliphatic carbocycles. The average molecular weight is 297 g/mol. The Bertz CT molecular complexity index is 830. The van der Waals surface area contributed by atoms with E-state index in [9.17, 15) is 0 Å². The molecular weight excluding hydrogens is 281 g/mol. The molecule has 0 saturated heterocycles. The lowest BCUT2D eigenvalue weighted by molar-refractivity contribution is 0.859. The standard InChI is InChI=1S/C19H16BN3/c21-11-13-23-14-12-22-19(23)20-18(17-9-5-2-6-10-17)15-16-7-3-1-4-8-16/h1-10,12,14-15,20H,13H2. The van der Waals surface area contributed by atoms with Crippen molar-refractivity contribution in [3.8, 4) is 6.07 Å². The first kappa shape index (κ1) is 14.9. The van der Waals surface area contributed by atoms with Gasteiger partial charge < -0.3 is 4.57 Å². The van der Waals surface area contributed by atoms with Crippen LogP contribution in [0.4, 0.5) is 0 Å². The molecule has 0 radical (unpaired) electrons. The van der Waals surface area contributed by atoms with Crippen molar-refractivity contribution >= 4 is 24.6 Å². The van der Waals surface area contributed by atoms with E-state index in [1.54, 1.807) is 6.20 Å². The molecular formula is C19H16BN3. The first-order valence-corrected chi connectivity index (χ1v) is 7.55. The van der Waals surface area contributed by atoms with Crippen molar-refractivity contribution in [2.45, 2.75) is 6.54 Å². The van der Waals surface area contributed by atoms with E-state index in [0.29, 0.717) is 13.8 Å². The van der Waals surface area contributed by atoms with Gasteiger partial charge >= 0.3 is 0 Å². The molecule has 2 aromatic carbocycles. The SMILES string of the molecule is N#CCn1ccnc1BC(=Cc1ccccc1)c1ccccc1. The molecule has 0 unspecified atom stereocenters. The number of benzene rings is 2. The van der Waals surface area contributed by atoms with E-state index in [1.807, 2.05) is 47.2 Å². The van der Waals surface area contributed by atoms with Gasteiger partial charge in [-0.05, 0) is 11.1 Å². The summed E-state index contributed by atoms with van der Waals surface area (Å²) in [5, 5.41) is 8.94. The van der Waals surface area contributed by atoms with Gasteiger partial charge in [-0.2, -0.15) is 5.26 Å². The van der Waals surface area contributed by atoms with Crippen LogP contribution in [0.1, 0.15) is 11.1 Å². The molecule has 4 heteroatoms. The average Bonchev–Trinajstić information content (AvgIpc) is 3.03. The van der Waals surface area contributed by atoms with E-state index in [2.05, 4.69) is 41.4 Å². The topological polar surface area (TPSA) is 41.6 Å². The third kappa shape index (κ3) is 3.78. The summed E-state index contributed by atoms with van der Waals surface area (Å²) in [6.07, 6.45) is 5.78. The van der Waals surface area contributed by atoms with Crippen LogP contribution in [0.3, 0.4) is 0 Å². The summed E-state index contributed by atoms with van der Waals surface area (Å²) < 4.78 is 1.89. The highest BCUT2D eigenvalue weighted by atomic mass is 15.0. The fraction of sp³-hybridized carbons (Fsp3) is 0.0526. The second-order valence-electron chi connectivity index (χ2n) is 5.25. The molecule has 0 N–H and O–H groups in total. The van der Waals surface area contributed by atoms with Crippen LogP contribution < -0.4 is 5.72 Å². The molecule has 0 fully saturated rings. The number of imidazole rings is 1. The Morgan fingerprint density at radius 2 is 1.78 bits per heavy atom. The van der Waals surface area contributed by atoms with Gasteiger partial charge in [-0.1, -0.05) is 72.2 Å². The van der Waals surface area contributed by atoms with E-state index < -0.39 is 0 Å². The van der Waals surface area contributed by atoms with Crippen molar-refractivity contribution in [1.82, 2.24) is 9.55 Å². The Kier molecular flexibility index (Phi) is 4.71. The van der Waals surface area contributed by atoms with E-state index in [-0.39, 0.29) is 0 Å². The van der Waals surface area contributed by atoms with Gasteiger partial charge in [0.25, 0.3) is 0 Å². The third-order valence-corrected chi connectivity index (χ3v) is 3.68. The van der Waals surface area contributed by atoms with Crippen LogP contribution >= 0.6 is 0 Å². The number of aromatic nitrogens is 2. The summed E-state index contributed by atoms with van der Waals surface area (Å²) in [5.41, 5.74) is 4.41. The van der Waals surface area contributed by atoms with E-state index in [1.165, 1.54) is 11.0 Å². The van der Waals surface area contributed by atoms with E-state index in [0.717, 1.165) is 11.3 Å². The smallest absolute Gasteiger partial charge is 0.239 e. The molecule has 1 heterocycles. The molecule has 0 aliphatic heterocycles. The molecule has 0 saturated carbocycles. The monoisotopic (exact) mass is 297 g/mol. The van der Waals surface area contributed by atoms with Crippen molar-refractivity contribution in [3.05, 3.63) is 84.2 Å². The lowest BCUT2D eigenvalue weighted by Crippen LogP contribution is -2.27. The van der Waals surface area contributed by atoms with Crippen LogP contribution in [0.25, 0.3) is 11.5 Å². The fourth-order valence-corrected chi connectivity index (χ4v) is 2.54. The van der Waals surface area contributed by atoms with Crippen molar-refractivity contribution in [2.75, 3.05) is 0 Å². The van der Waals surface area contributed by atoms with Crippen molar-refractivity contribution in [3.63, 3.8) is 0 Å². The first-order chi connectivity index (χ1) is 11.4. The quantitative estimate of drug-likeness (QED) is 0.536. The number of hydrogen-bond acceptors (Lipinski definition) is 2. The molecule has 0 amide bonds. The Morgan fingerprint density at radius 3 is 2.48 bits per heavy atom. The minimum atomic E-state index is 0.322. The van der Waals surface area contributed by atoms with Crippen molar-refractivity contribution in [2.24, 2.45) is 0 Å². The molecule has 3 rings (SSSR count). The minimum absolute atomic E-state index is 0.322. The van der Waals surface area contributed by atoms with Crippen LogP contribution in [0.2, 0.25) is 0 Å². The molecule has 0 aliphatic rings. The van der Waals surface area contributed by atoms with Crippen LogP contribution in [0.15, 0.2) is 73.1 Å². The molecule has 1 aromatic heterocycles. The fourth-order valence-electron chi connectivity index (χ4n) is 2.54. The highest BCUT2D eigenvalue weighted by Crippen LogP contribution is 2.17. The predicted molar refractivity (Wildman–Crippen MR) is 95.4 cm³/mol. The lowest BCUT2D eigenvalue weighted by atomic mass is 9.65. The van der Waals surface area contributed by atoms with E-state index >= 15 is 0 Å². The first-order valence-electron chi connectivity index (χ1n) is 7.55. The number of hydrogen-bond donors (Lipinski definition) is 0. The second-order valence-corrected chi connectivity index (χ2v) is 5.25. The molecule has 23 heavy (non-hydrogen) atoms. The van der Waals surface area contributed by atoms with Gasteiger partial charge in [0.15, 0.2) is 0 Å². The molecule has 110 valence electrons. The zero-order chi connectivity index (χ0) is 15.9. The Hall–Kier alpha value is -3.06. The highest BCUT2D eigenvalue weighted by molar-refractivity contribution is 6.73. The van der Waals surface area contributed by atoms with Gasteiger partial charge in [0, 0.05) is 12.4 Å². The summed E-state index contributed by atoms with van der Waals surface area (Å²) in [6.45, 7) is 0.322. The van der Waals surface area contributed by atoms with Gasteiger partial charge in [-0.3, -0.25) is 4.98 Å². The normalized spacial score (nSPS) is 11.0. The Balaban J connectivity index is 1.98. The lowest BCUT2D eigenvalue weighted by Gasteiger charge is -2.08. The zero-order valence-electron chi connectivity index (χ0n) is 12.8. The zero-order valence-corrected chi connectivity index (χ0v) is 12.8. The summed E-state index contributed by atoms with van der Waals surface area (Å²) in [6, 6.07) is 22.7. The summed E-state index contributed by atoms with van der Waals surface area (Å²) in [7, 11) is 0.688.